The lowest BCUT2D eigenvalue weighted by Crippen LogP contribution is -2.40. The van der Waals surface area contributed by atoms with Gasteiger partial charge >= 0.3 is 6.03 Å². The summed E-state index contributed by atoms with van der Waals surface area (Å²) in [7, 11) is 1.61. The Morgan fingerprint density at radius 2 is 1.76 bits per heavy atom. The third-order valence-electron chi connectivity index (χ3n) is 4.33. The van der Waals surface area contributed by atoms with Gasteiger partial charge < -0.3 is 15.5 Å². The van der Waals surface area contributed by atoms with E-state index >= 15 is 0 Å². The van der Waals surface area contributed by atoms with Gasteiger partial charge in [0.2, 0.25) is 0 Å². The number of benzene rings is 2. The van der Waals surface area contributed by atoms with E-state index in [1.54, 1.807) is 50.4 Å². The molecule has 8 nitrogen and oxygen atoms in total. The normalized spacial score (nSPS) is 12.0. The lowest BCUT2D eigenvalue weighted by Gasteiger charge is -2.25. The van der Waals surface area contributed by atoms with Crippen molar-refractivity contribution in [1.29, 1.82) is 0 Å². The standard InChI is InChI=1S/C21H26N4O4/c1-14(15-8-7-11-18(13-15)25(28)29)24(5)20(27)22-17-10-6-9-16(12-17)19(26)23-21(2,3)4/h6-14H,1-5H3,(H,22,27)(H,23,26). The van der Waals surface area contributed by atoms with Crippen LogP contribution in [0.4, 0.5) is 16.2 Å². The Hall–Kier alpha value is -3.42. The summed E-state index contributed by atoms with van der Waals surface area (Å²) in [6, 6.07) is 12.1. The Balaban J connectivity index is 2.11. The molecule has 29 heavy (non-hydrogen) atoms. The molecule has 1 atom stereocenters. The molecular weight excluding hydrogens is 372 g/mol. The van der Waals surface area contributed by atoms with Crippen LogP contribution in [-0.4, -0.2) is 34.3 Å². The van der Waals surface area contributed by atoms with Crippen molar-refractivity contribution in [3.8, 4) is 0 Å². The molecule has 1 unspecified atom stereocenters. The fourth-order valence-corrected chi connectivity index (χ4v) is 2.66. The number of anilines is 1. The Kier molecular flexibility index (Phi) is 6.58. The van der Waals surface area contributed by atoms with Gasteiger partial charge in [0.1, 0.15) is 0 Å². The van der Waals surface area contributed by atoms with Crippen molar-refractivity contribution in [1.82, 2.24) is 10.2 Å². The van der Waals surface area contributed by atoms with Gasteiger partial charge in [0.25, 0.3) is 11.6 Å². The van der Waals surface area contributed by atoms with Crippen LogP contribution < -0.4 is 10.6 Å². The van der Waals surface area contributed by atoms with Gasteiger partial charge in [-0.1, -0.05) is 18.2 Å². The van der Waals surface area contributed by atoms with E-state index in [4.69, 9.17) is 0 Å². The molecule has 2 aromatic rings. The topological polar surface area (TPSA) is 105 Å². The molecule has 2 aromatic carbocycles. The van der Waals surface area contributed by atoms with Crippen LogP contribution in [0.15, 0.2) is 48.5 Å². The van der Waals surface area contributed by atoms with Crippen molar-refractivity contribution in [2.45, 2.75) is 39.3 Å². The molecule has 0 fully saturated rings. The van der Waals surface area contributed by atoms with Crippen LogP contribution in [0.3, 0.4) is 0 Å². The number of non-ortho nitro benzene ring substituents is 1. The minimum Gasteiger partial charge on any atom is -0.347 e. The van der Waals surface area contributed by atoms with Gasteiger partial charge in [0.15, 0.2) is 0 Å². The van der Waals surface area contributed by atoms with E-state index in [1.165, 1.54) is 17.0 Å². The zero-order chi connectivity index (χ0) is 21.8. The number of nitrogens with zero attached hydrogens (tertiary/aromatic N) is 2. The summed E-state index contributed by atoms with van der Waals surface area (Å²) in [6.45, 7) is 7.45. The predicted octanol–water partition coefficient (Wildman–Crippen LogP) is 4.35. The number of nitro benzene ring substituents is 1. The summed E-state index contributed by atoms with van der Waals surface area (Å²) in [5.41, 5.74) is 1.17. The predicted molar refractivity (Wildman–Crippen MR) is 112 cm³/mol. The number of urea groups is 1. The number of rotatable bonds is 5. The summed E-state index contributed by atoms with van der Waals surface area (Å²) >= 11 is 0. The van der Waals surface area contributed by atoms with Gasteiger partial charge in [-0.2, -0.15) is 0 Å². The number of carbonyl (C=O) groups excluding carboxylic acids is 2. The number of nitrogens with one attached hydrogen (secondary N) is 2. The molecule has 0 heterocycles. The smallest absolute Gasteiger partial charge is 0.322 e. The molecule has 2 N–H and O–H groups in total. The van der Waals surface area contributed by atoms with E-state index < -0.39 is 11.0 Å². The molecule has 0 radical (unpaired) electrons. The number of carbonyl (C=O) groups is 2. The molecular formula is C21H26N4O4. The van der Waals surface area contributed by atoms with Crippen LogP contribution in [0.25, 0.3) is 0 Å². The second-order valence-electron chi connectivity index (χ2n) is 7.85. The second-order valence-corrected chi connectivity index (χ2v) is 7.85. The van der Waals surface area contributed by atoms with Gasteiger partial charge in [0, 0.05) is 36.0 Å². The van der Waals surface area contributed by atoms with Crippen molar-refractivity contribution in [2.75, 3.05) is 12.4 Å². The Morgan fingerprint density at radius 3 is 2.38 bits per heavy atom. The highest BCUT2D eigenvalue weighted by Crippen LogP contribution is 2.24. The third kappa shape index (κ3) is 6.03. The van der Waals surface area contributed by atoms with Crippen molar-refractivity contribution >= 4 is 23.3 Å². The Bertz CT molecular complexity index is 921. The summed E-state index contributed by atoms with van der Waals surface area (Å²) < 4.78 is 0. The molecule has 8 heteroatoms. The highest BCUT2D eigenvalue weighted by atomic mass is 16.6. The zero-order valence-corrected chi connectivity index (χ0v) is 17.2. The van der Waals surface area contributed by atoms with Crippen molar-refractivity contribution < 1.29 is 14.5 Å². The van der Waals surface area contributed by atoms with Gasteiger partial charge in [0.05, 0.1) is 11.0 Å². The monoisotopic (exact) mass is 398 g/mol. The fraction of sp³-hybridized carbons (Fsp3) is 0.333. The second kappa shape index (κ2) is 8.72. The van der Waals surface area contributed by atoms with Crippen molar-refractivity contribution in [3.05, 3.63) is 69.8 Å². The molecule has 0 saturated carbocycles. The Morgan fingerprint density at radius 1 is 1.10 bits per heavy atom. The number of amides is 3. The first-order valence-corrected chi connectivity index (χ1v) is 9.18. The molecule has 2 rings (SSSR count). The van der Waals surface area contributed by atoms with Crippen LogP contribution in [-0.2, 0) is 0 Å². The third-order valence-corrected chi connectivity index (χ3v) is 4.33. The van der Waals surface area contributed by atoms with Gasteiger partial charge in [-0.15, -0.1) is 0 Å². The van der Waals surface area contributed by atoms with E-state index in [2.05, 4.69) is 10.6 Å². The van der Waals surface area contributed by atoms with Crippen LogP contribution >= 0.6 is 0 Å². The van der Waals surface area contributed by atoms with E-state index in [0.717, 1.165) is 0 Å². The van der Waals surface area contributed by atoms with E-state index in [-0.39, 0.29) is 23.2 Å². The van der Waals surface area contributed by atoms with Gasteiger partial charge in [-0.25, -0.2) is 4.79 Å². The molecule has 154 valence electrons. The fourth-order valence-electron chi connectivity index (χ4n) is 2.66. The van der Waals surface area contributed by atoms with E-state index in [0.29, 0.717) is 16.8 Å². The molecule has 0 aliphatic rings. The van der Waals surface area contributed by atoms with Gasteiger partial charge in [-0.05, 0) is 51.5 Å². The van der Waals surface area contributed by atoms with E-state index in [9.17, 15) is 19.7 Å². The maximum absolute atomic E-state index is 12.6. The summed E-state index contributed by atoms with van der Waals surface area (Å²) in [6.07, 6.45) is 0. The molecule has 0 aliphatic carbocycles. The van der Waals surface area contributed by atoms with Crippen molar-refractivity contribution in [3.63, 3.8) is 0 Å². The highest BCUT2D eigenvalue weighted by molar-refractivity contribution is 5.97. The minimum absolute atomic E-state index is 0.0271. The molecule has 0 saturated heterocycles. The first kappa shape index (κ1) is 21.9. The number of hydrogen-bond donors (Lipinski definition) is 2. The highest BCUT2D eigenvalue weighted by Gasteiger charge is 2.20. The van der Waals surface area contributed by atoms with Crippen LogP contribution in [0.5, 0.6) is 0 Å². The average Bonchev–Trinajstić information content (AvgIpc) is 2.65. The summed E-state index contributed by atoms with van der Waals surface area (Å²) in [5.74, 6) is -0.230. The van der Waals surface area contributed by atoms with Crippen LogP contribution in [0.2, 0.25) is 0 Å². The zero-order valence-electron chi connectivity index (χ0n) is 17.2. The van der Waals surface area contributed by atoms with Crippen LogP contribution in [0.1, 0.15) is 49.7 Å². The maximum Gasteiger partial charge on any atom is 0.322 e. The van der Waals surface area contributed by atoms with Gasteiger partial charge in [-0.3, -0.25) is 14.9 Å². The summed E-state index contributed by atoms with van der Waals surface area (Å²) in [5, 5.41) is 16.6. The summed E-state index contributed by atoms with van der Waals surface area (Å²) in [4.78, 5) is 36.9. The lowest BCUT2D eigenvalue weighted by molar-refractivity contribution is -0.384. The SMILES string of the molecule is CC(c1cccc([N+](=O)[O-])c1)N(C)C(=O)Nc1cccc(C(=O)NC(C)(C)C)c1. The first-order valence-electron chi connectivity index (χ1n) is 9.18. The molecule has 3 amide bonds. The minimum atomic E-state index is -0.468. The average molecular weight is 398 g/mol. The van der Waals surface area contributed by atoms with Crippen LogP contribution in [0, 0.1) is 10.1 Å². The lowest BCUT2D eigenvalue weighted by atomic mass is 10.1. The molecule has 0 aliphatic heterocycles. The Labute approximate surface area is 170 Å². The number of hydrogen-bond acceptors (Lipinski definition) is 4. The molecule has 0 spiro atoms. The van der Waals surface area contributed by atoms with Crippen molar-refractivity contribution in [2.24, 2.45) is 0 Å². The number of nitro groups is 1. The largest absolute Gasteiger partial charge is 0.347 e. The maximum atomic E-state index is 12.6. The quantitative estimate of drug-likeness (QED) is 0.577. The molecule has 0 aromatic heterocycles. The molecule has 0 bridgehead atoms. The first-order chi connectivity index (χ1) is 13.5. The van der Waals surface area contributed by atoms with E-state index in [1.807, 2.05) is 20.8 Å².